The van der Waals surface area contributed by atoms with Crippen LogP contribution in [0.1, 0.15) is 36.7 Å². The number of nitrogens with zero attached hydrogens (tertiary/aromatic N) is 2. The molecule has 1 amide bonds. The molecule has 3 rings (SSSR count). The van der Waals surface area contributed by atoms with Gasteiger partial charge >= 0.3 is 0 Å². The van der Waals surface area contributed by atoms with E-state index in [2.05, 4.69) is 24.1 Å². The third-order valence-electron chi connectivity index (χ3n) is 4.33. The minimum atomic E-state index is -0.279. The van der Waals surface area contributed by atoms with Crippen LogP contribution < -0.4 is 10.9 Å². The van der Waals surface area contributed by atoms with E-state index in [1.54, 1.807) is 6.92 Å². The Morgan fingerprint density at radius 2 is 1.92 bits per heavy atom. The van der Waals surface area contributed by atoms with Crippen molar-refractivity contribution >= 4 is 22.7 Å². The van der Waals surface area contributed by atoms with Crippen molar-refractivity contribution < 1.29 is 9.21 Å². The van der Waals surface area contributed by atoms with Crippen molar-refractivity contribution in [1.82, 2.24) is 9.55 Å². The van der Waals surface area contributed by atoms with E-state index in [1.807, 2.05) is 31.2 Å². The summed E-state index contributed by atoms with van der Waals surface area (Å²) in [6.45, 7) is 7.72. The number of carbonyl (C=O) groups is 1. The second kappa shape index (κ2) is 6.55. The molecule has 3 aromatic rings. The molecular formula is C19H21N3O3. The number of anilines is 1. The number of hydrogen-bond donors (Lipinski definition) is 1. The quantitative estimate of drug-likeness (QED) is 0.790. The molecule has 1 N–H and O–H groups in total. The first-order chi connectivity index (χ1) is 11.9. The number of fused-ring (bicyclic) bond motifs is 1. The Balaban J connectivity index is 1.79. The Labute approximate surface area is 145 Å². The number of nitrogens with one attached hydrogen (secondary N) is 1. The number of carbonyl (C=O) groups excluding carboxylic acids is 1. The van der Waals surface area contributed by atoms with Crippen molar-refractivity contribution in [3.63, 3.8) is 0 Å². The first-order valence-corrected chi connectivity index (χ1v) is 8.21. The monoisotopic (exact) mass is 339 g/mol. The van der Waals surface area contributed by atoms with E-state index >= 15 is 0 Å². The molecule has 0 aliphatic carbocycles. The fraction of sp³-hybridized carbons (Fsp3) is 0.316. The highest BCUT2D eigenvalue weighted by molar-refractivity contribution is 5.90. The Hall–Kier alpha value is -2.89. The lowest BCUT2D eigenvalue weighted by Gasteiger charge is -2.09. The summed E-state index contributed by atoms with van der Waals surface area (Å²) >= 11 is 0. The summed E-state index contributed by atoms with van der Waals surface area (Å²) in [5, 5.41) is 3.23. The standard InChI is InChI=1S/C19H21N3O3/c1-11(2)14-5-7-15(8-6-14)21-16(23)9-22-10-20-18-17(19(22)24)12(3)13(4)25-18/h5-8,10-11H,9H2,1-4H3,(H,21,23). The van der Waals surface area contributed by atoms with Crippen LogP contribution in [0.4, 0.5) is 5.69 Å². The van der Waals surface area contributed by atoms with Crippen molar-refractivity contribution in [2.24, 2.45) is 0 Å². The lowest BCUT2D eigenvalue weighted by Crippen LogP contribution is -2.27. The van der Waals surface area contributed by atoms with E-state index in [1.165, 1.54) is 16.5 Å². The molecule has 0 saturated heterocycles. The molecule has 0 unspecified atom stereocenters. The van der Waals surface area contributed by atoms with Crippen LogP contribution in [0.2, 0.25) is 0 Å². The SMILES string of the molecule is Cc1oc2ncn(CC(=O)Nc3ccc(C(C)C)cc3)c(=O)c2c1C. The minimum absolute atomic E-state index is 0.0998. The highest BCUT2D eigenvalue weighted by Crippen LogP contribution is 2.19. The van der Waals surface area contributed by atoms with Crippen LogP contribution in [0.15, 0.2) is 39.8 Å². The molecule has 130 valence electrons. The largest absolute Gasteiger partial charge is 0.443 e. The predicted octanol–water partition coefficient (Wildman–Crippen LogP) is 3.37. The Morgan fingerprint density at radius 1 is 1.24 bits per heavy atom. The van der Waals surface area contributed by atoms with Gasteiger partial charge in [0.1, 0.15) is 24.0 Å². The normalized spacial score (nSPS) is 11.2. The number of benzene rings is 1. The maximum atomic E-state index is 12.6. The zero-order chi connectivity index (χ0) is 18.1. The molecule has 0 aliphatic rings. The lowest BCUT2D eigenvalue weighted by atomic mass is 10.0. The van der Waals surface area contributed by atoms with Crippen LogP contribution >= 0.6 is 0 Å². The van der Waals surface area contributed by atoms with Gasteiger partial charge in [-0.05, 0) is 37.5 Å². The summed E-state index contributed by atoms with van der Waals surface area (Å²) in [5.41, 5.74) is 2.69. The summed E-state index contributed by atoms with van der Waals surface area (Å²) in [6, 6.07) is 7.69. The van der Waals surface area contributed by atoms with Gasteiger partial charge in [0.15, 0.2) is 0 Å². The van der Waals surface area contributed by atoms with Crippen molar-refractivity contribution in [3.8, 4) is 0 Å². The summed E-state index contributed by atoms with van der Waals surface area (Å²) < 4.78 is 6.73. The van der Waals surface area contributed by atoms with Gasteiger partial charge in [0.05, 0.1) is 0 Å². The number of rotatable bonds is 4. The number of amides is 1. The smallest absolute Gasteiger partial charge is 0.265 e. The Kier molecular flexibility index (Phi) is 4.44. The van der Waals surface area contributed by atoms with Gasteiger partial charge in [-0.25, -0.2) is 4.98 Å². The number of hydrogen-bond acceptors (Lipinski definition) is 4. The zero-order valence-corrected chi connectivity index (χ0v) is 14.8. The van der Waals surface area contributed by atoms with E-state index in [-0.39, 0.29) is 18.0 Å². The Bertz CT molecular complexity index is 982. The van der Waals surface area contributed by atoms with Crippen LogP contribution in [-0.4, -0.2) is 15.5 Å². The van der Waals surface area contributed by atoms with E-state index < -0.39 is 0 Å². The number of aryl methyl sites for hydroxylation is 2. The van der Waals surface area contributed by atoms with E-state index in [0.717, 1.165) is 5.56 Å². The maximum absolute atomic E-state index is 12.6. The number of aromatic nitrogens is 2. The van der Waals surface area contributed by atoms with Gasteiger partial charge in [-0.2, -0.15) is 0 Å². The third kappa shape index (κ3) is 3.33. The van der Waals surface area contributed by atoms with Gasteiger partial charge in [-0.3, -0.25) is 14.2 Å². The van der Waals surface area contributed by atoms with Gasteiger partial charge < -0.3 is 9.73 Å². The van der Waals surface area contributed by atoms with Crippen LogP contribution in [-0.2, 0) is 11.3 Å². The molecule has 0 atom stereocenters. The average molecular weight is 339 g/mol. The van der Waals surface area contributed by atoms with Crippen LogP contribution in [0.25, 0.3) is 11.1 Å². The average Bonchev–Trinajstić information content (AvgIpc) is 2.86. The summed E-state index contributed by atoms with van der Waals surface area (Å²) in [6.07, 6.45) is 1.34. The molecule has 6 heteroatoms. The summed E-state index contributed by atoms with van der Waals surface area (Å²) in [5.74, 6) is 0.813. The zero-order valence-electron chi connectivity index (χ0n) is 14.8. The minimum Gasteiger partial charge on any atom is -0.443 e. The van der Waals surface area contributed by atoms with E-state index in [4.69, 9.17) is 4.42 Å². The van der Waals surface area contributed by atoms with Crippen LogP contribution in [0.3, 0.4) is 0 Å². The topological polar surface area (TPSA) is 77.1 Å². The van der Waals surface area contributed by atoms with Crippen LogP contribution in [0.5, 0.6) is 0 Å². The van der Waals surface area contributed by atoms with Gasteiger partial charge in [-0.1, -0.05) is 26.0 Å². The molecule has 1 aromatic carbocycles. The van der Waals surface area contributed by atoms with Gasteiger partial charge in [0.25, 0.3) is 5.56 Å². The summed E-state index contributed by atoms with van der Waals surface area (Å²) in [4.78, 5) is 28.9. The van der Waals surface area contributed by atoms with Gasteiger partial charge in [0.2, 0.25) is 11.6 Å². The molecule has 6 nitrogen and oxygen atoms in total. The first-order valence-electron chi connectivity index (χ1n) is 8.21. The summed E-state index contributed by atoms with van der Waals surface area (Å²) in [7, 11) is 0. The van der Waals surface area contributed by atoms with Gasteiger partial charge in [-0.15, -0.1) is 0 Å². The maximum Gasteiger partial charge on any atom is 0.265 e. The predicted molar refractivity (Wildman–Crippen MR) is 96.9 cm³/mol. The fourth-order valence-electron chi connectivity index (χ4n) is 2.69. The highest BCUT2D eigenvalue weighted by atomic mass is 16.3. The molecule has 0 saturated carbocycles. The van der Waals surface area contributed by atoms with Crippen molar-refractivity contribution in [2.75, 3.05) is 5.32 Å². The molecule has 0 aliphatic heterocycles. The highest BCUT2D eigenvalue weighted by Gasteiger charge is 2.15. The second-order valence-electron chi connectivity index (χ2n) is 6.47. The molecule has 2 heterocycles. The van der Waals surface area contributed by atoms with Crippen molar-refractivity contribution in [2.45, 2.75) is 40.2 Å². The third-order valence-corrected chi connectivity index (χ3v) is 4.33. The number of furan rings is 1. The molecule has 0 radical (unpaired) electrons. The Morgan fingerprint density at radius 3 is 2.56 bits per heavy atom. The fourth-order valence-corrected chi connectivity index (χ4v) is 2.69. The van der Waals surface area contributed by atoms with E-state index in [0.29, 0.717) is 28.5 Å². The molecule has 0 spiro atoms. The van der Waals surface area contributed by atoms with Crippen LogP contribution in [0, 0.1) is 13.8 Å². The lowest BCUT2D eigenvalue weighted by molar-refractivity contribution is -0.116. The van der Waals surface area contributed by atoms with Gasteiger partial charge in [0, 0.05) is 11.3 Å². The molecular weight excluding hydrogens is 318 g/mol. The van der Waals surface area contributed by atoms with Crippen molar-refractivity contribution in [3.05, 3.63) is 57.8 Å². The molecule has 25 heavy (non-hydrogen) atoms. The molecule has 0 bridgehead atoms. The molecule has 2 aromatic heterocycles. The van der Waals surface area contributed by atoms with E-state index in [9.17, 15) is 9.59 Å². The van der Waals surface area contributed by atoms with Crippen molar-refractivity contribution in [1.29, 1.82) is 0 Å². The molecule has 0 fully saturated rings. The first kappa shape index (κ1) is 17.0. The second-order valence-corrected chi connectivity index (χ2v) is 6.47.